The summed E-state index contributed by atoms with van der Waals surface area (Å²) >= 11 is 0. The lowest BCUT2D eigenvalue weighted by Gasteiger charge is -2.36. The summed E-state index contributed by atoms with van der Waals surface area (Å²) in [5.41, 5.74) is 7.68. The van der Waals surface area contributed by atoms with Crippen molar-refractivity contribution >= 4 is 24.2 Å². The maximum atomic E-state index is 12.6. The van der Waals surface area contributed by atoms with Crippen LogP contribution in [0, 0.1) is 0 Å². The average Bonchev–Trinajstić information content (AvgIpc) is 2.54. The second-order valence-corrected chi connectivity index (χ2v) is 5.81. The van der Waals surface area contributed by atoms with E-state index in [1.54, 1.807) is 4.90 Å². The van der Waals surface area contributed by atoms with Crippen molar-refractivity contribution in [2.24, 2.45) is 5.73 Å². The number of carbonyl (C=O) groups excluding carboxylic acids is 2. The lowest BCUT2D eigenvalue weighted by atomic mass is 9.93. The second-order valence-electron chi connectivity index (χ2n) is 5.81. The minimum Gasteiger partial charge on any atom is -0.375 e. The summed E-state index contributed by atoms with van der Waals surface area (Å²) in [7, 11) is 0. The van der Waals surface area contributed by atoms with E-state index in [1.807, 2.05) is 24.3 Å². The van der Waals surface area contributed by atoms with E-state index in [0.717, 1.165) is 17.7 Å². The first kappa shape index (κ1) is 17.7. The molecule has 1 aromatic rings. The van der Waals surface area contributed by atoms with Crippen molar-refractivity contribution in [2.75, 3.05) is 19.7 Å². The summed E-state index contributed by atoms with van der Waals surface area (Å²) in [4.78, 5) is 26.0. The first-order valence-electron chi connectivity index (χ1n) is 7.63. The number of hydrogen-bond donors (Lipinski definition) is 2. The fourth-order valence-corrected chi connectivity index (χ4v) is 3.10. The van der Waals surface area contributed by atoms with Gasteiger partial charge in [0.1, 0.15) is 6.04 Å². The van der Waals surface area contributed by atoms with Gasteiger partial charge in [-0.15, -0.1) is 12.4 Å². The summed E-state index contributed by atoms with van der Waals surface area (Å²) in [5.74, 6) is -0.530. The molecule has 3 N–H and O–H groups in total. The molecule has 0 radical (unpaired) electrons. The molecule has 23 heavy (non-hydrogen) atoms. The first-order valence-corrected chi connectivity index (χ1v) is 7.63. The van der Waals surface area contributed by atoms with Crippen molar-refractivity contribution in [1.29, 1.82) is 0 Å². The molecule has 3 rings (SSSR count). The third-order valence-electron chi connectivity index (χ3n) is 4.30. The van der Waals surface area contributed by atoms with Gasteiger partial charge in [-0.25, -0.2) is 0 Å². The van der Waals surface area contributed by atoms with Crippen LogP contribution < -0.4 is 11.1 Å². The van der Waals surface area contributed by atoms with Gasteiger partial charge >= 0.3 is 0 Å². The normalized spacial score (nSPS) is 23.6. The number of nitrogens with zero attached hydrogens (tertiary/aromatic N) is 1. The molecule has 0 aliphatic carbocycles. The van der Waals surface area contributed by atoms with E-state index in [4.69, 9.17) is 10.5 Å². The molecule has 2 amide bonds. The van der Waals surface area contributed by atoms with Gasteiger partial charge in [0.15, 0.2) is 0 Å². The van der Waals surface area contributed by atoms with Gasteiger partial charge in [-0.2, -0.15) is 0 Å². The average molecular weight is 340 g/mol. The van der Waals surface area contributed by atoms with Crippen LogP contribution in [0.2, 0.25) is 0 Å². The van der Waals surface area contributed by atoms with Crippen molar-refractivity contribution in [3.63, 3.8) is 0 Å². The highest BCUT2D eigenvalue weighted by molar-refractivity contribution is 5.87. The number of nitrogens with two attached hydrogens (primary N) is 1. The van der Waals surface area contributed by atoms with Gasteiger partial charge in [0, 0.05) is 26.1 Å². The number of amides is 2. The smallest absolute Gasteiger partial charge is 0.240 e. The minimum absolute atomic E-state index is 0. The molecule has 1 fully saturated rings. The molecule has 6 nitrogen and oxygen atoms in total. The van der Waals surface area contributed by atoms with Crippen LogP contribution in [-0.4, -0.2) is 48.6 Å². The zero-order valence-electron chi connectivity index (χ0n) is 12.9. The Balaban J connectivity index is 0.00000192. The molecule has 0 spiro atoms. The van der Waals surface area contributed by atoms with E-state index in [9.17, 15) is 9.59 Å². The predicted octanol–water partition coefficient (Wildman–Crippen LogP) is 0.226. The molecule has 2 aliphatic heterocycles. The van der Waals surface area contributed by atoms with Gasteiger partial charge in [0.2, 0.25) is 11.8 Å². The number of morpholine rings is 1. The molecule has 0 saturated carbocycles. The molecule has 2 unspecified atom stereocenters. The van der Waals surface area contributed by atoms with Crippen LogP contribution in [0.15, 0.2) is 24.3 Å². The van der Waals surface area contributed by atoms with Crippen LogP contribution in [0.3, 0.4) is 0 Å². The highest BCUT2D eigenvalue weighted by Gasteiger charge is 2.34. The van der Waals surface area contributed by atoms with Crippen LogP contribution in [0.5, 0.6) is 0 Å². The second kappa shape index (κ2) is 7.77. The molecule has 2 heterocycles. The zero-order chi connectivity index (χ0) is 15.5. The van der Waals surface area contributed by atoms with Crippen LogP contribution in [-0.2, 0) is 27.3 Å². The molecule has 1 aromatic carbocycles. The van der Waals surface area contributed by atoms with E-state index >= 15 is 0 Å². The van der Waals surface area contributed by atoms with Crippen molar-refractivity contribution in [3.05, 3.63) is 35.4 Å². The Kier molecular flexibility index (Phi) is 5.98. The number of rotatable bonds is 3. The molecular weight excluding hydrogens is 318 g/mol. The fraction of sp³-hybridized carbons (Fsp3) is 0.500. The van der Waals surface area contributed by atoms with Crippen LogP contribution >= 0.6 is 12.4 Å². The van der Waals surface area contributed by atoms with Crippen LogP contribution in [0.4, 0.5) is 0 Å². The number of carbonyl (C=O) groups is 2. The molecule has 0 bridgehead atoms. The summed E-state index contributed by atoms with van der Waals surface area (Å²) in [5, 5.41) is 3.21. The third-order valence-corrected chi connectivity index (χ3v) is 4.30. The summed E-state index contributed by atoms with van der Waals surface area (Å²) in [6.45, 7) is 2.52. The standard InChI is InChI=1S/C16H21N3O3.ClH/c17-16(21)14-7-11-3-1-2-4-12(11)10-19(14)15(20)8-13-9-18-5-6-22-13;/h1-4,13-14,18H,5-10H2,(H2,17,21);1H. The Morgan fingerprint density at radius 1 is 1.30 bits per heavy atom. The van der Waals surface area contributed by atoms with E-state index < -0.39 is 11.9 Å². The van der Waals surface area contributed by atoms with Crippen molar-refractivity contribution in [1.82, 2.24) is 10.2 Å². The highest BCUT2D eigenvalue weighted by atomic mass is 35.5. The summed E-state index contributed by atoms with van der Waals surface area (Å²) in [6, 6.07) is 7.29. The number of benzene rings is 1. The molecule has 7 heteroatoms. The fourth-order valence-electron chi connectivity index (χ4n) is 3.10. The van der Waals surface area contributed by atoms with E-state index in [-0.39, 0.29) is 30.8 Å². The van der Waals surface area contributed by atoms with Gasteiger partial charge in [-0.05, 0) is 11.1 Å². The van der Waals surface area contributed by atoms with Crippen LogP contribution in [0.25, 0.3) is 0 Å². The molecular formula is C16H22ClN3O3. The molecule has 2 atom stereocenters. The summed E-state index contributed by atoms with van der Waals surface area (Å²) in [6.07, 6.45) is 0.631. The first-order chi connectivity index (χ1) is 10.6. The Labute approximate surface area is 141 Å². The Morgan fingerprint density at radius 3 is 2.70 bits per heavy atom. The van der Waals surface area contributed by atoms with Gasteiger partial charge in [0.05, 0.1) is 19.1 Å². The molecule has 126 valence electrons. The third kappa shape index (κ3) is 4.02. The monoisotopic (exact) mass is 339 g/mol. The Hall–Kier alpha value is -1.63. The SMILES string of the molecule is Cl.NC(=O)C1Cc2ccccc2CN1C(=O)CC1CNCCO1. The maximum Gasteiger partial charge on any atom is 0.240 e. The highest BCUT2D eigenvalue weighted by Crippen LogP contribution is 2.24. The van der Waals surface area contributed by atoms with E-state index in [0.29, 0.717) is 26.1 Å². The van der Waals surface area contributed by atoms with Gasteiger partial charge in [-0.1, -0.05) is 24.3 Å². The van der Waals surface area contributed by atoms with Gasteiger partial charge in [-0.3, -0.25) is 9.59 Å². The van der Waals surface area contributed by atoms with Gasteiger partial charge < -0.3 is 20.7 Å². The van der Waals surface area contributed by atoms with E-state index in [2.05, 4.69) is 5.32 Å². The molecule has 2 aliphatic rings. The number of fused-ring (bicyclic) bond motifs is 1. The lowest BCUT2D eigenvalue weighted by molar-refractivity contribution is -0.143. The minimum atomic E-state index is -0.570. The van der Waals surface area contributed by atoms with Crippen molar-refractivity contribution < 1.29 is 14.3 Å². The Morgan fingerprint density at radius 2 is 2.04 bits per heavy atom. The lowest BCUT2D eigenvalue weighted by Crippen LogP contribution is -2.52. The number of primary amides is 1. The number of halogens is 1. The number of ether oxygens (including phenoxy) is 1. The zero-order valence-corrected chi connectivity index (χ0v) is 13.7. The quantitative estimate of drug-likeness (QED) is 0.825. The maximum absolute atomic E-state index is 12.6. The number of nitrogens with one attached hydrogen (secondary N) is 1. The predicted molar refractivity (Wildman–Crippen MR) is 88.2 cm³/mol. The summed E-state index contributed by atoms with van der Waals surface area (Å²) < 4.78 is 5.58. The molecule has 0 aromatic heterocycles. The van der Waals surface area contributed by atoms with Gasteiger partial charge in [0.25, 0.3) is 0 Å². The molecule has 1 saturated heterocycles. The van der Waals surface area contributed by atoms with Crippen molar-refractivity contribution in [3.8, 4) is 0 Å². The van der Waals surface area contributed by atoms with Crippen molar-refractivity contribution in [2.45, 2.75) is 31.5 Å². The topological polar surface area (TPSA) is 84.7 Å². The largest absolute Gasteiger partial charge is 0.375 e. The van der Waals surface area contributed by atoms with Crippen LogP contribution in [0.1, 0.15) is 17.5 Å². The van der Waals surface area contributed by atoms with E-state index in [1.165, 1.54) is 0 Å². The Bertz CT molecular complexity index is 575. The number of hydrogen-bond acceptors (Lipinski definition) is 4.